The largest absolute Gasteiger partial charge is 0.493 e. The Bertz CT molecular complexity index is 1450. The van der Waals surface area contributed by atoms with Crippen molar-refractivity contribution in [1.82, 2.24) is 14.7 Å². The summed E-state index contributed by atoms with van der Waals surface area (Å²) in [5, 5.41) is 0. The number of ether oxygens (including phenoxy) is 3. The zero-order valence-electron chi connectivity index (χ0n) is 21.9. The molecule has 0 saturated heterocycles. The van der Waals surface area contributed by atoms with Gasteiger partial charge in [0, 0.05) is 6.54 Å². The number of rotatable bonds is 12. The molecule has 0 aliphatic carbocycles. The minimum Gasteiger partial charge on any atom is -0.493 e. The van der Waals surface area contributed by atoms with Crippen molar-refractivity contribution in [2.24, 2.45) is 0 Å². The summed E-state index contributed by atoms with van der Waals surface area (Å²) in [6.07, 6.45) is 1.11. The number of anilines is 1. The minimum absolute atomic E-state index is 0.0313. The molecule has 13 heteroatoms. The lowest BCUT2D eigenvalue weighted by molar-refractivity contribution is 0.291. The summed E-state index contributed by atoms with van der Waals surface area (Å²) in [7, 11) is -6.02. The van der Waals surface area contributed by atoms with Gasteiger partial charge in [-0.2, -0.15) is 4.98 Å². The summed E-state index contributed by atoms with van der Waals surface area (Å²) < 4.78 is 71.7. The van der Waals surface area contributed by atoms with Gasteiger partial charge in [0.25, 0.3) is 15.9 Å². The van der Waals surface area contributed by atoms with Gasteiger partial charge in [0.2, 0.25) is 15.8 Å². The molecule has 0 radical (unpaired) electrons. The lowest BCUT2D eigenvalue weighted by atomic mass is 9.87. The summed E-state index contributed by atoms with van der Waals surface area (Å²) in [5.74, 6) is 0.175. The standard InChI is InChI=1S/C25H32N4O7S2/c1-6-37(30,31)28-15-16-35-24-22(36-21-10-8-7-9-20(21)34-5)23(26-17-27-24)29-38(32,33)19-13-11-18(12-14-19)25(2,3)4/h7-14,17,28H,6,15-16H2,1-5H3,(H,26,27,29). The van der Waals surface area contributed by atoms with Crippen LogP contribution in [0.4, 0.5) is 5.82 Å². The summed E-state index contributed by atoms with van der Waals surface area (Å²) >= 11 is 0. The van der Waals surface area contributed by atoms with E-state index >= 15 is 0 Å². The highest BCUT2D eigenvalue weighted by molar-refractivity contribution is 7.92. The highest BCUT2D eigenvalue weighted by Gasteiger charge is 2.24. The lowest BCUT2D eigenvalue weighted by Crippen LogP contribution is -2.29. The number of benzene rings is 2. The first kappa shape index (κ1) is 29.1. The number of methoxy groups -OCH3 is 1. The molecule has 0 aliphatic rings. The second-order valence-corrected chi connectivity index (χ2v) is 12.9. The molecule has 206 valence electrons. The third kappa shape index (κ3) is 7.55. The van der Waals surface area contributed by atoms with Crippen LogP contribution in [-0.4, -0.2) is 52.8 Å². The first-order chi connectivity index (χ1) is 17.9. The Labute approximate surface area is 223 Å². The van der Waals surface area contributed by atoms with Crippen LogP contribution in [0.1, 0.15) is 33.3 Å². The monoisotopic (exact) mass is 564 g/mol. The molecule has 0 aliphatic heterocycles. The van der Waals surface area contributed by atoms with Gasteiger partial charge < -0.3 is 14.2 Å². The molecule has 0 saturated carbocycles. The van der Waals surface area contributed by atoms with Gasteiger partial charge in [-0.1, -0.05) is 45.0 Å². The quantitative estimate of drug-likeness (QED) is 0.314. The Hall–Kier alpha value is -3.42. The fourth-order valence-corrected chi connectivity index (χ4v) is 4.82. The second kappa shape index (κ2) is 12.0. The molecule has 38 heavy (non-hydrogen) atoms. The predicted octanol–water partition coefficient (Wildman–Crippen LogP) is 3.69. The van der Waals surface area contributed by atoms with Crippen LogP contribution in [0, 0.1) is 0 Å². The summed E-state index contributed by atoms with van der Waals surface area (Å²) in [6, 6.07) is 13.3. The van der Waals surface area contributed by atoms with Gasteiger partial charge in [0.15, 0.2) is 17.3 Å². The van der Waals surface area contributed by atoms with E-state index in [2.05, 4.69) is 19.4 Å². The van der Waals surface area contributed by atoms with Crippen LogP contribution < -0.4 is 23.7 Å². The van der Waals surface area contributed by atoms with E-state index < -0.39 is 20.0 Å². The fourth-order valence-electron chi connectivity index (χ4n) is 3.21. The molecular weight excluding hydrogens is 532 g/mol. The van der Waals surface area contributed by atoms with E-state index in [0.29, 0.717) is 5.75 Å². The van der Waals surface area contributed by atoms with Crippen molar-refractivity contribution in [2.75, 3.05) is 30.7 Å². The first-order valence-corrected chi connectivity index (χ1v) is 14.9. The minimum atomic E-state index is -4.07. The molecule has 1 heterocycles. The van der Waals surface area contributed by atoms with Crippen LogP contribution in [0.5, 0.6) is 23.1 Å². The second-order valence-electron chi connectivity index (χ2n) is 9.14. The number of para-hydroxylation sites is 2. The molecule has 0 fully saturated rings. The van der Waals surface area contributed by atoms with Crippen LogP contribution >= 0.6 is 0 Å². The molecule has 0 amide bonds. The van der Waals surface area contributed by atoms with Crippen molar-refractivity contribution in [1.29, 1.82) is 0 Å². The van der Waals surface area contributed by atoms with Gasteiger partial charge in [0.1, 0.15) is 12.9 Å². The molecule has 0 spiro atoms. The molecule has 2 N–H and O–H groups in total. The fraction of sp³-hybridized carbons (Fsp3) is 0.360. The van der Waals surface area contributed by atoms with Crippen LogP contribution in [0.2, 0.25) is 0 Å². The van der Waals surface area contributed by atoms with E-state index in [4.69, 9.17) is 14.2 Å². The Balaban J connectivity index is 1.95. The van der Waals surface area contributed by atoms with Crippen LogP contribution in [0.15, 0.2) is 59.8 Å². The number of hydrogen-bond donors (Lipinski definition) is 2. The number of nitrogens with one attached hydrogen (secondary N) is 2. The molecule has 1 aromatic heterocycles. The number of aromatic nitrogens is 2. The smallest absolute Gasteiger partial charge is 0.263 e. The van der Waals surface area contributed by atoms with Gasteiger partial charge in [-0.05, 0) is 42.2 Å². The summed E-state index contributed by atoms with van der Waals surface area (Å²) in [5.41, 5.74) is 0.837. The molecule has 3 aromatic rings. The molecule has 11 nitrogen and oxygen atoms in total. The maximum atomic E-state index is 13.2. The van der Waals surface area contributed by atoms with Gasteiger partial charge in [-0.3, -0.25) is 4.72 Å². The Morgan fingerprint density at radius 3 is 2.18 bits per heavy atom. The van der Waals surface area contributed by atoms with E-state index in [-0.39, 0.29) is 52.4 Å². The third-order valence-electron chi connectivity index (χ3n) is 5.36. The summed E-state index contributed by atoms with van der Waals surface area (Å²) in [6.45, 7) is 7.49. The van der Waals surface area contributed by atoms with Crippen molar-refractivity contribution in [2.45, 2.75) is 38.0 Å². The number of sulfonamides is 2. The molecular formula is C25H32N4O7S2. The van der Waals surface area contributed by atoms with E-state index in [9.17, 15) is 16.8 Å². The van der Waals surface area contributed by atoms with Crippen molar-refractivity contribution >= 4 is 25.9 Å². The van der Waals surface area contributed by atoms with Crippen molar-refractivity contribution in [3.8, 4) is 23.1 Å². The maximum Gasteiger partial charge on any atom is 0.263 e. The molecule has 2 aromatic carbocycles. The summed E-state index contributed by atoms with van der Waals surface area (Å²) in [4.78, 5) is 8.19. The molecule has 0 atom stereocenters. The average molecular weight is 565 g/mol. The van der Waals surface area contributed by atoms with Crippen LogP contribution in [0.3, 0.4) is 0 Å². The average Bonchev–Trinajstić information content (AvgIpc) is 2.88. The Morgan fingerprint density at radius 2 is 1.58 bits per heavy atom. The van der Waals surface area contributed by atoms with E-state index in [1.165, 1.54) is 26.2 Å². The molecule has 0 bridgehead atoms. The zero-order valence-corrected chi connectivity index (χ0v) is 23.5. The van der Waals surface area contributed by atoms with Crippen molar-refractivity contribution in [3.63, 3.8) is 0 Å². The van der Waals surface area contributed by atoms with Crippen molar-refractivity contribution in [3.05, 3.63) is 60.4 Å². The maximum absolute atomic E-state index is 13.2. The van der Waals surface area contributed by atoms with Crippen molar-refractivity contribution < 1.29 is 31.0 Å². The molecule has 0 unspecified atom stereocenters. The third-order valence-corrected chi connectivity index (χ3v) is 8.12. The Kier molecular flexibility index (Phi) is 9.18. The van der Waals surface area contributed by atoms with Gasteiger partial charge in [-0.15, -0.1) is 0 Å². The van der Waals surface area contributed by atoms with E-state index in [1.54, 1.807) is 36.4 Å². The highest BCUT2D eigenvalue weighted by atomic mass is 32.2. The number of nitrogens with zero attached hydrogens (tertiary/aromatic N) is 2. The van der Waals surface area contributed by atoms with Gasteiger partial charge in [-0.25, -0.2) is 26.5 Å². The number of hydrogen-bond acceptors (Lipinski definition) is 9. The zero-order chi connectivity index (χ0) is 28.0. The highest BCUT2D eigenvalue weighted by Crippen LogP contribution is 2.39. The van der Waals surface area contributed by atoms with E-state index in [1.807, 2.05) is 20.8 Å². The Morgan fingerprint density at radius 1 is 0.921 bits per heavy atom. The van der Waals surface area contributed by atoms with Crippen LogP contribution in [0.25, 0.3) is 0 Å². The van der Waals surface area contributed by atoms with E-state index in [0.717, 1.165) is 11.9 Å². The topological polar surface area (TPSA) is 146 Å². The normalized spacial score (nSPS) is 12.1. The lowest BCUT2D eigenvalue weighted by Gasteiger charge is -2.19. The van der Waals surface area contributed by atoms with Gasteiger partial charge >= 0.3 is 0 Å². The first-order valence-electron chi connectivity index (χ1n) is 11.8. The SMILES string of the molecule is CCS(=O)(=O)NCCOc1ncnc(NS(=O)(=O)c2ccc(C(C)(C)C)cc2)c1Oc1ccccc1OC. The molecule has 3 rings (SSSR count). The predicted molar refractivity (Wildman–Crippen MR) is 144 cm³/mol. The van der Waals surface area contributed by atoms with Gasteiger partial charge in [0.05, 0.1) is 17.8 Å². The van der Waals surface area contributed by atoms with Crippen LogP contribution in [-0.2, 0) is 25.5 Å².